The summed E-state index contributed by atoms with van der Waals surface area (Å²) in [7, 11) is 0. The van der Waals surface area contributed by atoms with E-state index in [4.69, 9.17) is 21.1 Å². The number of piperidine rings is 1. The molecule has 0 radical (unpaired) electrons. The van der Waals surface area contributed by atoms with Gasteiger partial charge in [0.05, 0.1) is 15.4 Å². The van der Waals surface area contributed by atoms with E-state index in [1.54, 1.807) is 23.1 Å². The van der Waals surface area contributed by atoms with Crippen LogP contribution in [-0.4, -0.2) is 61.0 Å². The van der Waals surface area contributed by atoms with Gasteiger partial charge in [0.15, 0.2) is 0 Å². The zero-order chi connectivity index (χ0) is 24.8. The van der Waals surface area contributed by atoms with Crippen molar-refractivity contribution in [3.05, 3.63) is 57.5 Å². The summed E-state index contributed by atoms with van der Waals surface area (Å²) < 4.78 is 11.9. The summed E-state index contributed by atoms with van der Waals surface area (Å²) in [6.45, 7) is 8.71. The molecule has 35 heavy (non-hydrogen) atoms. The molecule has 0 aromatic heterocycles. The third-order valence-corrected chi connectivity index (χ3v) is 7.63. The minimum atomic E-state index is -0.373. The fraction of sp³-hybridized carbons (Fsp3) is 0.407. The lowest BCUT2D eigenvalue weighted by molar-refractivity contribution is 0.103. The van der Waals surface area contributed by atoms with E-state index in [-0.39, 0.29) is 11.9 Å². The van der Waals surface area contributed by atoms with Crippen LogP contribution in [0, 0.1) is 0 Å². The Kier molecular flexibility index (Phi) is 8.76. The summed E-state index contributed by atoms with van der Waals surface area (Å²) in [6.07, 6.45) is 4.52. The smallest absolute Gasteiger partial charge is 0.415 e. The number of rotatable bonds is 8. The fourth-order valence-electron chi connectivity index (χ4n) is 4.24. The number of thioether (sulfide) groups is 1. The Labute approximate surface area is 216 Å². The predicted octanol–water partition coefficient (Wildman–Crippen LogP) is 6.37. The van der Waals surface area contributed by atoms with Crippen LogP contribution >= 0.6 is 23.4 Å². The zero-order valence-electron chi connectivity index (χ0n) is 20.2. The maximum absolute atomic E-state index is 13.5. The van der Waals surface area contributed by atoms with Crippen LogP contribution < -0.4 is 9.47 Å². The summed E-state index contributed by atoms with van der Waals surface area (Å²) in [5.41, 5.74) is 1.28. The molecular weight excluding hydrogens is 484 g/mol. The van der Waals surface area contributed by atoms with Crippen LogP contribution in [0.1, 0.15) is 49.0 Å². The van der Waals surface area contributed by atoms with Gasteiger partial charge in [-0.3, -0.25) is 4.79 Å². The number of allylic oxidation sites excluding steroid dienone is 1. The van der Waals surface area contributed by atoms with E-state index >= 15 is 0 Å². The van der Waals surface area contributed by atoms with E-state index in [0.29, 0.717) is 51.6 Å². The number of benzene rings is 2. The molecule has 6 nitrogen and oxygen atoms in total. The molecule has 2 aliphatic heterocycles. The molecule has 0 aliphatic carbocycles. The molecule has 0 spiro atoms. The normalized spacial score (nSPS) is 16.6. The number of halogens is 1. The molecule has 2 heterocycles. The summed E-state index contributed by atoms with van der Waals surface area (Å²) in [6, 6.07) is 10.8. The molecule has 4 rings (SSSR count). The molecule has 8 heteroatoms. The molecule has 0 N–H and O–H groups in total. The zero-order valence-corrected chi connectivity index (χ0v) is 21.8. The third kappa shape index (κ3) is 6.21. The molecule has 1 saturated heterocycles. The average Bonchev–Trinajstić information content (AvgIpc) is 3.20. The quantitative estimate of drug-likeness (QED) is 0.381. The number of carbonyl (C=O) groups excluding carboxylic acids is 2. The summed E-state index contributed by atoms with van der Waals surface area (Å²) >= 11 is 7.44. The van der Waals surface area contributed by atoms with Gasteiger partial charge < -0.3 is 19.3 Å². The largest absolute Gasteiger partial charge is 0.491 e. The number of hydrogen-bond acceptors (Lipinski definition) is 6. The van der Waals surface area contributed by atoms with Crippen molar-refractivity contribution in [3.8, 4) is 11.5 Å². The van der Waals surface area contributed by atoms with Gasteiger partial charge in [0.2, 0.25) is 5.78 Å². The van der Waals surface area contributed by atoms with Crippen molar-refractivity contribution in [1.82, 2.24) is 9.80 Å². The van der Waals surface area contributed by atoms with Gasteiger partial charge in [0, 0.05) is 24.7 Å². The number of likely N-dealkylation sites (N-methyl/N-ethyl adjacent to an activating group) is 1. The lowest BCUT2D eigenvalue weighted by Gasteiger charge is -2.26. The first kappa shape index (κ1) is 25.6. The Bertz CT molecular complexity index is 1110. The van der Waals surface area contributed by atoms with Crippen LogP contribution in [0.25, 0.3) is 6.08 Å². The van der Waals surface area contributed by atoms with Gasteiger partial charge in [-0.15, -0.1) is 0 Å². The van der Waals surface area contributed by atoms with Crippen molar-refractivity contribution in [2.24, 2.45) is 0 Å². The number of likely N-dealkylation sites (tertiary alicyclic amines) is 1. The van der Waals surface area contributed by atoms with Crippen LogP contribution in [0.15, 0.2) is 46.2 Å². The Balaban J connectivity index is 1.62. The molecular formula is C27H31ClN2O4S. The molecule has 186 valence electrons. The molecule has 2 aliphatic rings. The van der Waals surface area contributed by atoms with Crippen molar-refractivity contribution >= 4 is 41.3 Å². The van der Waals surface area contributed by atoms with Crippen molar-refractivity contribution in [2.45, 2.75) is 38.0 Å². The second-order valence-corrected chi connectivity index (χ2v) is 10.0. The van der Waals surface area contributed by atoms with Crippen molar-refractivity contribution in [2.75, 3.05) is 39.3 Å². The Hall–Kier alpha value is -2.48. The van der Waals surface area contributed by atoms with Crippen LogP contribution in [0.2, 0.25) is 5.02 Å². The van der Waals surface area contributed by atoms with Crippen molar-refractivity contribution < 1.29 is 19.1 Å². The third-order valence-electron chi connectivity index (χ3n) is 6.26. The Morgan fingerprint density at radius 3 is 2.57 bits per heavy atom. The molecule has 0 saturated carbocycles. The molecule has 0 bridgehead atoms. The number of carbonyl (C=O) groups is 2. The van der Waals surface area contributed by atoms with E-state index < -0.39 is 0 Å². The number of hydrogen-bond donors (Lipinski definition) is 0. The lowest BCUT2D eigenvalue weighted by Crippen LogP contribution is -2.37. The van der Waals surface area contributed by atoms with E-state index in [1.807, 2.05) is 24.3 Å². The van der Waals surface area contributed by atoms with E-state index in [2.05, 4.69) is 18.7 Å². The first-order chi connectivity index (χ1) is 17.0. The van der Waals surface area contributed by atoms with Crippen LogP contribution in [-0.2, 0) is 0 Å². The van der Waals surface area contributed by atoms with E-state index in [9.17, 15) is 9.59 Å². The van der Waals surface area contributed by atoms with Gasteiger partial charge >= 0.3 is 6.09 Å². The SMILES string of the molecule is CCN(CC)CCOc1ccc(OC(=O)N2CCCCC2)c2c1C(=O)/C(=C/c1cccc(Cl)c1)S2. The standard InChI is InChI=1S/C27H31ClN2O4S/c1-3-29(4-2)15-16-33-21-11-12-22(34-27(32)30-13-6-5-7-14-30)26-24(21)25(31)23(35-26)18-19-9-8-10-20(28)17-19/h8-12,17-18H,3-7,13-16H2,1-2H3/b23-18-. The van der Waals surface area contributed by atoms with Crippen molar-refractivity contribution in [3.63, 3.8) is 0 Å². The molecule has 0 atom stereocenters. The molecule has 1 fully saturated rings. The Morgan fingerprint density at radius 2 is 1.86 bits per heavy atom. The average molecular weight is 515 g/mol. The van der Waals surface area contributed by atoms with E-state index in [1.165, 1.54) is 11.8 Å². The second-order valence-electron chi connectivity index (χ2n) is 8.55. The van der Waals surface area contributed by atoms with Gasteiger partial charge in [-0.2, -0.15) is 0 Å². The first-order valence-electron chi connectivity index (χ1n) is 12.2. The van der Waals surface area contributed by atoms with Gasteiger partial charge in [0.25, 0.3) is 0 Å². The predicted molar refractivity (Wildman–Crippen MR) is 141 cm³/mol. The number of Topliss-reactive ketones (excluding diaryl/α,β-unsaturated/α-hetero) is 1. The second kappa shape index (κ2) is 12.0. The highest BCUT2D eigenvalue weighted by molar-refractivity contribution is 8.05. The lowest BCUT2D eigenvalue weighted by atomic mass is 10.1. The van der Waals surface area contributed by atoms with Crippen LogP contribution in [0.3, 0.4) is 0 Å². The highest BCUT2D eigenvalue weighted by atomic mass is 35.5. The van der Waals surface area contributed by atoms with Gasteiger partial charge in [-0.05, 0) is 68.3 Å². The number of ketones is 1. The van der Waals surface area contributed by atoms with Crippen LogP contribution in [0.5, 0.6) is 11.5 Å². The summed E-state index contributed by atoms with van der Waals surface area (Å²) in [5.74, 6) is 0.759. The molecule has 1 amide bonds. The highest BCUT2D eigenvalue weighted by Crippen LogP contribution is 2.49. The number of amides is 1. The van der Waals surface area contributed by atoms with Crippen molar-refractivity contribution in [1.29, 1.82) is 0 Å². The molecule has 2 aromatic carbocycles. The van der Waals surface area contributed by atoms with Gasteiger partial charge in [0.1, 0.15) is 18.1 Å². The number of nitrogens with zero attached hydrogens (tertiary/aromatic N) is 2. The van der Waals surface area contributed by atoms with Gasteiger partial charge in [-0.25, -0.2) is 4.79 Å². The maximum Gasteiger partial charge on any atom is 0.415 e. The topological polar surface area (TPSA) is 59.1 Å². The minimum Gasteiger partial charge on any atom is -0.491 e. The Morgan fingerprint density at radius 1 is 1.11 bits per heavy atom. The molecule has 0 unspecified atom stereocenters. The maximum atomic E-state index is 13.5. The molecule has 2 aromatic rings. The number of fused-ring (bicyclic) bond motifs is 1. The fourth-order valence-corrected chi connectivity index (χ4v) is 5.56. The monoisotopic (exact) mass is 514 g/mol. The van der Waals surface area contributed by atoms with E-state index in [0.717, 1.165) is 44.5 Å². The van der Waals surface area contributed by atoms with Crippen LogP contribution in [0.4, 0.5) is 4.79 Å². The minimum absolute atomic E-state index is 0.140. The summed E-state index contributed by atoms with van der Waals surface area (Å²) in [5, 5.41) is 0.601. The number of ether oxygens (including phenoxy) is 2. The van der Waals surface area contributed by atoms with Gasteiger partial charge in [-0.1, -0.05) is 49.3 Å². The highest BCUT2D eigenvalue weighted by Gasteiger charge is 2.34. The first-order valence-corrected chi connectivity index (χ1v) is 13.4. The summed E-state index contributed by atoms with van der Waals surface area (Å²) in [4.78, 5) is 31.4.